The van der Waals surface area contributed by atoms with Crippen molar-refractivity contribution >= 4 is 0 Å². The Morgan fingerprint density at radius 1 is 1.44 bits per heavy atom. The topological polar surface area (TPSA) is 24.1 Å². The lowest BCUT2D eigenvalue weighted by atomic mass is 10.1. The molecule has 2 rings (SSSR count). The average Bonchev–Trinajstić information content (AvgIpc) is 2.53. The molecular weight excluding hydrogens is 112 g/mol. The predicted octanol–water partition coefficient (Wildman–Crippen LogP) is -0.0422. The highest BCUT2D eigenvalue weighted by Gasteiger charge is 2.31. The summed E-state index contributed by atoms with van der Waals surface area (Å²) in [5.41, 5.74) is 0. The van der Waals surface area contributed by atoms with Crippen molar-refractivity contribution in [2.24, 2.45) is 5.89 Å². The summed E-state index contributed by atoms with van der Waals surface area (Å²) in [6, 6.07) is -3.10. The second-order valence-corrected chi connectivity index (χ2v) is 1.62. The molecule has 52 valence electrons. The summed E-state index contributed by atoms with van der Waals surface area (Å²) in [5, 5.41) is 3.31. The van der Waals surface area contributed by atoms with E-state index < -0.39 is 44.1 Å². The molecule has 2 nitrogen and oxygen atoms in total. The maximum Gasteiger partial charge on any atom is 0.0481 e. The molecule has 0 aromatic heterocycles. The van der Waals surface area contributed by atoms with Crippen LogP contribution in [0.3, 0.4) is 0 Å². The third-order valence-electron chi connectivity index (χ3n) is 1.00. The van der Waals surface area contributed by atoms with Gasteiger partial charge in [-0.05, 0) is 18.6 Å². The van der Waals surface area contributed by atoms with Crippen LogP contribution in [0.15, 0.2) is 0 Å². The molecule has 0 spiro atoms. The Morgan fingerprint density at radius 3 is 3.11 bits per heavy atom. The molecular formula is C7H14N2. The fraction of sp³-hybridized carbons (Fsp3) is 1.00. The van der Waals surface area contributed by atoms with Crippen molar-refractivity contribution in [2.45, 2.75) is 18.8 Å². The van der Waals surface area contributed by atoms with Crippen LogP contribution >= 0.6 is 0 Å². The van der Waals surface area contributed by atoms with E-state index in [1.807, 2.05) is 0 Å². The largest absolute Gasteiger partial charge is 0.314 e. The molecule has 2 fully saturated rings. The normalized spacial score (nSPS) is 96.0. The first-order chi connectivity index (χ1) is 8.91. The molecule has 1 aliphatic carbocycles. The molecule has 1 heterocycles. The van der Waals surface area contributed by atoms with E-state index in [9.17, 15) is 0 Å². The summed E-state index contributed by atoms with van der Waals surface area (Å²) < 4.78 is 91.3. The third-order valence-corrected chi connectivity index (χ3v) is 1.00. The zero-order chi connectivity index (χ0) is 16.9. The van der Waals surface area contributed by atoms with Crippen LogP contribution in [-0.2, 0) is 0 Å². The van der Waals surface area contributed by atoms with Gasteiger partial charge in [0.2, 0.25) is 0 Å². The van der Waals surface area contributed by atoms with Crippen LogP contribution in [0.2, 0.25) is 0 Å². The van der Waals surface area contributed by atoms with E-state index in [4.69, 9.17) is 16.4 Å². The maximum atomic E-state index is 8.06. The molecule has 0 amide bonds. The molecule has 1 atom stereocenters. The fourth-order valence-corrected chi connectivity index (χ4v) is 0.531. The summed E-state index contributed by atoms with van der Waals surface area (Å²) in [5.74, 6) is -2.96. The molecule has 9 heavy (non-hydrogen) atoms. The van der Waals surface area contributed by atoms with Gasteiger partial charge in [0.1, 0.15) is 0 Å². The predicted molar refractivity (Wildman–Crippen MR) is 37.4 cm³/mol. The lowest BCUT2D eigenvalue weighted by Crippen LogP contribution is -2.49. The highest BCUT2D eigenvalue weighted by molar-refractivity contribution is 4.89. The Labute approximate surface area is 72.9 Å². The number of hydrogen-bond acceptors (Lipinski definition) is 2. The van der Waals surface area contributed by atoms with Gasteiger partial charge >= 0.3 is 0 Å². The monoisotopic (exact) mass is 138 g/mol. The number of rotatable bonds is 1. The quantitative estimate of drug-likeness (QED) is 0.531. The number of piperazine rings is 1. The molecule has 0 bridgehead atoms. The lowest BCUT2D eigenvalue weighted by Gasteiger charge is -2.23. The van der Waals surface area contributed by atoms with Gasteiger partial charge in [0, 0.05) is 42.0 Å². The zero-order valence-corrected chi connectivity index (χ0v) is 4.50. The summed E-state index contributed by atoms with van der Waals surface area (Å²) in [7, 11) is 0. The fourth-order valence-electron chi connectivity index (χ4n) is 0.531. The van der Waals surface area contributed by atoms with E-state index in [1.54, 1.807) is 10.6 Å². The molecule has 0 aromatic carbocycles. The van der Waals surface area contributed by atoms with Crippen molar-refractivity contribution in [1.29, 1.82) is 0 Å². The van der Waals surface area contributed by atoms with Gasteiger partial charge in [0.05, 0.1) is 0 Å². The Balaban J connectivity index is 2.58. The molecule has 0 aromatic rings. The Morgan fingerprint density at radius 2 is 2.33 bits per heavy atom. The first-order valence-electron chi connectivity index (χ1n) is 8.50. The van der Waals surface area contributed by atoms with E-state index in [-0.39, 0.29) is 0 Å². The second kappa shape index (κ2) is 2.27. The smallest absolute Gasteiger partial charge is 0.0481 e. The minimum absolute atomic E-state index is 1.62. The SMILES string of the molecule is [2H]C1([2H])NC([2H])([2H])C([2H])(C2([2H])C([2H])([2H])C2([2H])[2H])NC1([2H])[2H]. The van der Waals surface area contributed by atoms with Gasteiger partial charge in [0.15, 0.2) is 0 Å². The molecule has 1 saturated heterocycles. The molecule has 0 radical (unpaired) electrons. The van der Waals surface area contributed by atoms with Crippen LogP contribution in [0.5, 0.6) is 0 Å². The molecule has 1 unspecified atom stereocenters. The maximum absolute atomic E-state index is 8.06. The van der Waals surface area contributed by atoms with Crippen LogP contribution in [0.4, 0.5) is 0 Å². The first kappa shape index (κ1) is 1.16. The minimum atomic E-state index is -3.10. The van der Waals surface area contributed by atoms with Crippen LogP contribution in [0.1, 0.15) is 29.2 Å². The Kier molecular flexibility index (Phi) is 0.294. The van der Waals surface area contributed by atoms with E-state index in [1.165, 1.54) is 0 Å². The van der Waals surface area contributed by atoms with Gasteiger partial charge < -0.3 is 10.6 Å². The highest BCUT2D eigenvalue weighted by atomic mass is 15.1. The van der Waals surface area contributed by atoms with Gasteiger partial charge in [-0.25, -0.2) is 0 Å². The minimum Gasteiger partial charge on any atom is -0.314 e. The summed E-state index contributed by atoms with van der Waals surface area (Å²) in [6.07, 6.45) is -5.80. The van der Waals surface area contributed by atoms with Crippen molar-refractivity contribution in [3.05, 3.63) is 0 Å². The van der Waals surface area contributed by atoms with Gasteiger partial charge in [-0.15, -0.1) is 0 Å². The third kappa shape index (κ3) is 1.25. The molecule has 1 saturated carbocycles. The zero-order valence-electron chi connectivity index (χ0n) is 16.5. The number of nitrogens with one attached hydrogen (secondary N) is 2. The standard InChI is InChI=1S/C7H14N2/c1-2-6(1)7-5-8-3-4-9-7/h6-9H,1-5H2/i1D2,2D2,3D2,4D2,5D2,6D,7D. The van der Waals surface area contributed by atoms with E-state index in [0.717, 1.165) is 0 Å². The van der Waals surface area contributed by atoms with E-state index in [0.29, 0.717) is 0 Å². The lowest BCUT2D eigenvalue weighted by molar-refractivity contribution is 0.385. The highest BCUT2D eigenvalue weighted by Crippen LogP contribution is 2.32. The average molecular weight is 138 g/mol. The van der Waals surface area contributed by atoms with Crippen LogP contribution in [0, 0.1) is 5.89 Å². The summed E-state index contributed by atoms with van der Waals surface area (Å²) >= 11 is 0. The van der Waals surface area contributed by atoms with Crippen LogP contribution in [-0.4, -0.2) is 25.5 Å². The second-order valence-electron chi connectivity index (χ2n) is 1.62. The van der Waals surface area contributed by atoms with Crippen LogP contribution < -0.4 is 10.6 Å². The molecule has 1 aliphatic heterocycles. The summed E-state index contributed by atoms with van der Waals surface area (Å²) in [4.78, 5) is 0. The Hall–Kier alpha value is -0.0800. The molecule has 2 N–H and O–H groups in total. The molecule has 2 heteroatoms. The van der Waals surface area contributed by atoms with Crippen molar-refractivity contribution in [3.8, 4) is 0 Å². The number of hydrogen-bond donors (Lipinski definition) is 2. The van der Waals surface area contributed by atoms with Crippen molar-refractivity contribution in [1.82, 2.24) is 10.6 Å². The Bertz CT molecular complexity index is 472. The van der Waals surface area contributed by atoms with Crippen LogP contribution in [0.25, 0.3) is 0 Å². The van der Waals surface area contributed by atoms with Gasteiger partial charge in [0.25, 0.3) is 0 Å². The van der Waals surface area contributed by atoms with Gasteiger partial charge in [-0.2, -0.15) is 0 Å². The summed E-state index contributed by atoms with van der Waals surface area (Å²) in [6.45, 7) is -9.05. The van der Waals surface area contributed by atoms with Crippen molar-refractivity contribution in [3.63, 3.8) is 0 Å². The van der Waals surface area contributed by atoms with Gasteiger partial charge in [-0.1, -0.05) is 0 Å². The van der Waals surface area contributed by atoms with Gasteiger partial charge in [-0.3, -0.25) is 0 Å². The molecule has 2 aliphatic rings. The first-order valence-corrected chi connectivity index (χ1v) is 2.50. The van der Waals surface area contributed by atoms with Crippen molar-refractivity contribution in [2.75, 3.05) is 19.5 Å². The van der Waals surface area contributed by atoms with E-state index >= 15 is 0 Å². The van der Waals surface area contributed by atoms with E-state index in [2.05, 4.69) is 0 Å². The van der Waals surface area contributed by atoms with Crippen molar-refractivity contribution < 1.29 is 16.4 Å².